The van der Waals surface area contributed by atoms with Gasteiger partial charge in [-0.15, -0.1) is 0 Å². The molecule has 19 heavy (non-hydrogen) atoms. The lowest BCUT2D eigenvalue weighted by atomic mass is 9.97. The predicted octanol–water partition coefficient (Wildman–Crippen LogP) is 1.48. The minimum absolute atomic E-state index is 0.108. The molecule has 1 atom stereocenters. The van der Waals surface area contributed by atoms with E-state index in [-0.39, 0.29) is 11.8 Å². The molecule has 106 valence electrons. The Balaban J connectivity index is 2.80. The number of hydrogen-bond donors (Lipinski definition) is 2. The fourth-order valence-corrected chi connectivity index (χ4v) is 1.98. The maximum atomic E-state index is 8.95. The molecule has 0 aliphatic heterocycles. The van der Waals surface area contributed by atoms with Crippen molar-refractivity contribution in [3.8, 4) is 0 Å². The second kappa shape index (κ2) is 8.50. The number of ether oxygens (including phenoxy) is 1. The highest BCUT2D eigenvalue weighted by Gasteiger charge is 2.19. The zero-order valence-electron chi connectivity index (χ0n) is 11.6. The molecule has 5 heteroatoms. The maximum Gasteiger partial charge on any atom is 0.147 e. The van der Waals surface area contributed by atoms with Gasteiger partial charge in [0.1, 0.15) is 5.84 Å². The number of amidine groups is 1. The first-order valence-electron chi connectivity index (χ1n) is 6.46. The second-order valence-corrected chi connectivity index (χ2v) is 4.37. The summed E-state index contributed by atoms with van der Waals surface area (Å²) in [6, 6.07) is 9.85. The third-order valence-corrected chi connectivity index (χ3v) is 3.17. The Kier molecular flexibility index (Phi) is 6.92. The Morgan fingerprint density at radius 1 is 1.42 bits per heavy atom. The third kappa shape index (κ3) is 4.89. The van der Waals surface area contributed by atoms with Gasteiger partial charge in [-0.05, 0) is 12.1 Å². The molecular formula is C14H23N3O2. The largest absolute Gasteiger partial charge is 0.409 e. The topological polar surface area (TPSA) is 71.1 Å². The van der Waals surface area contributed by atoms with E-state index in [4.69, 9.17) is 15.7 Å². The van der Waals surface area contributed by atoms with Crippen LogP contribution in [0.15, 0.2) is 35.5 Å². The highest BCUT2D eigenvalue weighted by atomic mass is 16.5. The van der Waals surface area contributed by atoms with E-state index in [0.717, 1.165) is 18.7 Å². The Labute approximate surface area is 114 Å². The van der Waals surface area contributed by atoms with Crippen molar-refractivity contribution in [2.24, 2.45) is 10.9 Å². The molecule has 3 N–H and O–H groups in total. The van der Waals surface area contributed by atoms with Crippen LogP contribution < -0.4 is 5.73 Å². The highest BCUT2D eigenvalue weighted by Crippen LogP contribution is 2.17. The second-order valence-electron chi connectivity index (χ2n) is 4.37. The highest BCUT2D eigenvalue weighted by molar-refractivity contribution is 5.87. The van der Waals surface area contributed by atoms with Gasteiger partial charge in [-0.2, -0.15) is 0 Å². The zero-order valence-corrected chi connectivity index (χ0v) is 11.6. The van der Waals surface area contributed by atoms with E-state index in [0.29, 0.717) is 13.2 Å². The lowest BCUT2D eigenvalue weighted by Gasteiger charge is -2.25. The third-order valence-electron chi connectivity index (χ3n) is 3.17. The number of nitrogens with zero attached hydrogens (tertiary/aromatic N) is 2. The van der Waals surface area contributed by atoms with E-state index in [1.54, 1.807) is 7.11 Å². The van der Waals surface area contributed by atoms with Crippen molar-refractivity contribution in [2.45, 2.75) is 12.8 Å². The molecule has 0 saturated carbocycles. The van der Waals surface area contributed by atoms with Crippen LogP contribution in [0.3, 0.4) is 0 Å². The molecule has 1 aromatic carbocycles. The Hall–Kier alpha value is -1.59. The Morgan fingerprint density at radius 2 is 2.11 bits per heavy atom. The summed E-state index contributed by atoms with van der Waals surface area (Å²) < 4.78 is 5.10. The van der Waals surface area contributed by atoms with E-state index in [9.17, 15) is 0 Å². The summed E-state index contributed by atoms with van der Waals surface area (Å²) in [6.45, 7) is 5.19. The van der Waals surface area contributed by atoms with E-state index < -0.39 is 0 Å². The first-order valence-corrected chi connectivity index (χ1v) is 6.46. The van der Waals surface area contributed by atoms with Crippen LogP contribution in [0.5, 0.6) is 0 Å². The van der Waals surface area contributed by atoms with Gasteiger partial charge in [0.2, 0.25) is 0 Å². The molecule has 0 saturated heterocycles. The lowest BCUT2D eigenvalue weighted by Crippen LogP contribution is -2.36. The van der Waals surface area contributed by atoms with Crippen molar-refractivity contribution >= 4 is 5.84 Å². The molecule has 0 amide bonds. The average molecular weight is 265 g/mol. The van der Waals surface area contributed by atoms with Crippen LogP contribution in [-0.4, -0.2) is 49.3 Å². The van der Waals surface area contributed by atoms with Gasteiger partial charge in [-0.1, -0.05) is 42.4 Å². The first kappa shape index (κ1) is 15.5. The summed E-state index contributed by atoms with van der Waals surface area (Å²) >= 11 is 0. The van der Waals surface area contributed by atoms with Gasteiger partial charge in [0.15, 0.2) is 0 Å². The lowest BCUT2D eigenvalue weighted by molar-refractivity contribution is 0.150. The molecule has 0 heterocycles. The van der Waals surface area contributed by atoms with Crippen LogP contribution in [0.1, 0.15) is 18.4 Å². The first-order chi connectivity index (χ1) is 9.22. The monoisotopic (exact) mass is 265 g/mol. The minimum Gasteiger partial charge on any atom is -0.409 e. The Bertz CT molecular complexity index is 382. The summed E-state index contributed by atoms with van der Waals surface area (Å²) in [5.74, 6) is 0.130. The van der Waals surface area contributed by atoms with Crippen molar-refractivity contribution in [3.05, 3.63) is 35.9 Å². The minimum atomic E-state index is -0.108. The van der Waals surface area contributed by atoms with Gasteiger partial charge in [0.25, 0.3) is 0 Å². The van der Waals surface area contributed by atoms with Crippen LogP contribution in [0, 0.1) is 0 Å². The normalized spacial score (nSPS) is 13.7. The van der Waals surface area contributed by atoms with Crippen LogP contribution in [0.2, 0.25) is 0 Å². The van der Waals surface area contributed by atoms with Gasteiger partial charge in [-0.25, -0.2) is 0 Å². The molecular weight excluding hydrogens is 242 g/mol. The van der Waals surface area contributed by atoms with Crippen molar-refractivity contribution < 1.29 is 9.94 Å². The quantitative estimate of drug-likeness (QED) is 0.323. The summed E-state index contributed by atoms with van der Waals surface area (Å²) in [5.41, 5.74) is 6.87. The van der Waals surface area contributed by atoms with Crippen molar-refractivity contribution in [2.75, 3.05) is 33.4 Å². The standard InChI is InChI=1S/C14H23N3O2/c1-3-17(9-10-19-2)11-13(14(15)16-18)12-7-5-4-6-8-12/h4-8,13,18H,3,9-11H2,1-2H3,(H2,15,16). The molecule has 0 aromatic heterocycles. The Morgan fingerprint density at radius 3 is 2.63 bits per heavy atom. The van der Waals surface area contributed by atoms with Crippen LogP contribution in [0.25, 0.3) is 0 Å². The fourth-order valence-electron chi connectivity index (χ4n) is 1.98. The van der Waals surface area contributed by atoms with E-state index in [2.05, 4.69) is 17.0 Å². The smallest absolute Gasteiger partial charge is 0.147 e. The molecule has 1 aromatic rings. The number of rotatable bonds is 8. The molecule has 1 rings (SSSR count). The van der Waals surface area contributed by atoms with Crippen molar-refractivity contribution in [1.29, 1.82) is 0 Å². The van der Waals surface area contributed by atoms with Crippen LogP contribution in [-0.2, 0) is 4.74 Å². The summed E-state index contributed by atoms with van der Waals surface area (Å²) in [6.07, 6.45) is 0. The number of oxime groups is 1. The molecule has 1 unspecified atom stereocenters. The molecule has 0 radical (unpaired) electrons. The fraction of sp³-hybridized carbons (Fsp3) is 0.500. The number of likely N-dealkylation sites (N-methyl/N-ethyl adjacent to an activating group) is 1. The molecule has 0 spiro atoms. The number of nitrogens with two attached hydrogens (primary N) is 1. The molecule has 0 fully saturated rings. The number of methoxy groups -OCH3 is 1. The molecule has 5 nitrogen and oxygen atoms in total. The molecule has 0 aliphatic rings. The van der Waals surface area contributed by atoms with Gasteiger partial charge in [0, 0.05) is 20.2 Å². The summed E-state index contributed by atoms with van der Waals surface area (Å²) in [4.78, 5) is 2.22. The van der Waals surface area contributed by atoms with Crippen molar-refractivity contribution in [3.63, 3.8) is 0 Å². The molecule has 0 aliphatic carbocycles. The van der Waals surface area contributed by atoms with Gasteiger partial charge >= 0.3 is 0 Å². The predicted molar refractivity (Wildman–Crippen MR) is 76.6 cm³/mol. The average Bonchev–Trinajstić information content (AvgIpc) is 2.48. The number of hydrogen-bond acceptors (Lipinski definition) is 4. The van der Waals surface area contributed by atoms with Crippen LogP contribution in [0.4, 0.5) is 0 Å². The van der Waals surface area contributed by atoms with Gasteiger partial charge in [0.05, 0.1) is 12.5 Å². The maximum absolute atomic E-state index is 8.95. The van der Waals surface area contributed by atoms with Gasteiger partial charge in [-0.3, -0.25) is 0 Å². The van der Waals surface area contributed by atoms with Gasteiger partial charge < -0.3 is 20.6 Å². The zero-order chi connectivity index (χ0) is 14.1. The van der Waals surface area contributed by atoms with E-state index >= 15 is 0 Å². The molecule has 0 bridgehead atoms. The van der Waals surface area contributed by atoms with Crippen LogP contribution >= 0.6 is 0 Å². The van der Waals surface area contributed by atoms with E-state index in [1.807, 2.05) is 30.3 Å². The summed E-state index contributed by atoms with van der Waals surface area (Å²) in [7, 11) is 1.69. The SMILES string of the molecule is CCN(CCOC)CC(C(N)=NO)c1ccccc1. The van der Waals surface area contributed by atoms with E-state index in [1.165, 1.54) is 0 Å². The summed E-state index contributed by atoms with van der Waals surface area (Å²) in [5, 5.41) is 12.1. The number of benzene rings is 1. The van der Waals surface area contributed by atoms with Crippen molar-refractivity contribution in [1.82, 2.24) is 4.90 Å².